The van der Waals surface area contributed by atoms with Crippen molar-refractivity contribution in [3.8, 4) is 5.88 Å². The number of likely N-dealkylation sites (tertiary alicyclic amines) is 1. The maximum Gasteiger partial charge on any atom is 0.254 e. The van der Waals surface area contributed by atoms with Gasteiger partial charge in [0.25, 0.3) is 11.8 Å². The van der Waals surface area contributed by atoms with Crippen LogP contribution in [-0.4, -0.2) is 55.1 Å². The monoisotopic (exact) mass is 300 g/mol. The standard InChI is InChI=1S/C14H18F2N2O3/c1-20-8-9-21-12-10-11(2-5-17-12)13(19)18-6-3-14(15,16)4-7-18/h2,5,10H,3-4,6-9H2,1H3. The van der Waals surface area contributed by atoms with Gasteiger partial charge in [0.05, 0.1) is 6.61 Å². The number of hydrogen-bond acceptors (Lipinski definition) is 4. The summed E-state index contributed by atoms with van der Waals surface area (Å²) in [5.41, 5.74) is 0.391. The highest BCUT2D eigenvalue weighted by molar-refractivity contribution is 5.94. The highest BCUT2D eigenvalue weighted by Crippen LogP contribution is 2.28. The molecule has 0 N–H and O–H groups in total. The lowest BCUT2D eigenvalue weighted by atomic mass is 10.1. The second-order valence-electron chi connectivity index (χ2n) is 4.87. The molecule has 5 nitrogen and oxygen atoms in total. The smallest absolute Gasteiger partial charge is 0.254 e. The molecule has 1 aromatic heterocycles. The molecular weight excluding hydrogens is 282 g/mol. The normalized spacial score (nSPS) is 17.6. The van der Waals surface area contributed by atoms with E-state index >= 15 is 0 Å². The Kier molecular flexibility index (Phi) is 5.06. The van der Waals surface area contributed by atoms with E-state index in [1.165, 1.54) is 17.2 Å². The molecule has 0 aliphatic carbocycles. The number of carbonyl (C=O) groups excluding carboxylic acids is 1. The molecule has 7 heteroatoms. The summed E-state index contributed by atoms with van der Waals surface area (Å²) in [6.45, 7) is 0.875. The molecule has 2 rings (SSSR count). The lowest BCUT2D eigenvalue weighted by Gasteiger charge is -2.31. The Balaban J connectivity index is 1.97. The number of nitrogens with zero attached hydrogens (tertiary/aromatic N) is 2. The zero-order valence-corrected chi connectivity index (χ0v) is 11.8. The van der Waals surface area contributed by atoms with Gasteiger partial charge in [0.15, 0.2) is 0 Å². The Morgan fingerprint density at radius 1 is 1.38 bits per heavy atom. The molecule has 1 aliphatic heterocycles. The molecule has 21 heavy (non-hydrogen) atoms. The molecule has 0 aromatic carbocycles. The molecular formula is C14H18F2N2O3. The molecule has 0 bridgehead atoms. The van der Waals surface area contributed by atoms with Crippen LogP contribution in [0.4, 0.5) is 8.78 Å². The summed E-state index contributed by atoms with van der Waals surface area (Å²) < 4.78 is 36.4. The van der Waals surface area contributed by atoms with Crippen molar-refractivity contribution in [3.05, 3.63) is 23.9 Å². The third-order valence-corrected chi connectivity index (χ3v) is 3.30. The number of pyridine rings is 1. The van der Waals surface area contributed by atoms with Crippen LogP contribution in [0.1, 0.15) is 23.2 Å². The molecule has 116 valence electrons. The fourth-order valence-electron chi connectivity index (χ4n) is 2.07. The first kappa shape index (κ1) is 15.6. The highest BCUT2D eigenvalue weighted by Gasteiger charge is 2.35. The number of rotatable bonds is 5. The second-order valence-corrected chi connectivity index (χ2v) is 4.87. The van der Waals surface area contributed by atoms with Gasteiger partial charge in [-0.15, -0.1) is 0 Å². The summed E-state index contributed by atoms with van der Waals surface area (Å²) >= 11 is 0. The number of methoxy groups -OCH3 is 1. The minimum absolute atomic E-state index is 0.0635. The Labute approximate surface area is 121 Å². The third-order valence-electron chi connectivity index (χ3n) is 3.30. The number of piperidine rings is 1. The zero-order chi connectivity index (χ0) is 15.3. The van der Waals surface area contributed by atoms with Crippen molar-refractivity contribution in [2.45, 2.75) is 18.8 Å². The molecule has 1 fully saturated rings. The van der Waals surface area contributed by atoms with Crippen molar-refractivity contribution in [1.29, 1.82) is 0 Å². The molecule has 0 atom stereocenters. The quantitative estimate of drug-likeness (QED) is 0.780. The number of amides is 1. The highest BCUT2D eigenvalue weighted by atomic mass is 19.3. The number of hydrogen-bond donors (Lipinski definition) is 0. The molecule has 0 saturated carbocycles. The molecule has 1 aliphatic rings. The summed E-state index contributed by atoms with van der Waals surface area (Å²) in [7, 11) is 1.56. The van der Waals surface area contributed by atoms with Crippen molar-refractivity contribution >= 4 is 5.91 Å². The molecule has 0 unspecified atom stereocenters. The second kappa shape index (κ2) is 6.80. The Hall–Kier alpha value is -1.76. The minimum Gasteiger partial charge on any atom is -0.475 e. The average Bonchev–Trinajstić information content (AvgIpc) is 2.47. The van der Waals surface area contributed by atoms with Gasteiger partial charge in [-0.05, 0) is 6.07 Å². The van der Waals surface area contributed by atoms with Crippen molar-refractivity contribution in [2.24, 2.45) is 0 Å². The van der Waals surface area contributed by atoms with E-state index in [9.17, 15) is 13.6 Å². The molecule has 1 amide bonds. The Bertz CT molecular complexity index is 487. The van der Waals surface area contributed by atoms with Crippen molar-refractivity contribution in [2.75, 3.05) is 33.4 Å². The van der Waals surface area contributed by atoms with Gasteiger partial charge in [-0.2, -0.15) is 0 Å². The molecule has 1 aromatic rings. The first-order chi connectivity index (χ1) is 10.0. The number of alkyl halides is 2. The predicted molar refractivity (Wildman–Crippen MR) is 71.7 cm³/mol. The Morgan fingerprint density at radius 3 is 2.76 bits per heavy atom. The SMILES string of the molecule is COCCOc1cc(C(=O)N2CCC(F)(F)CC2)ccn1. The van der Waals surface area contributed by atoms with Gasteiger partial charge in [-0.25, -0.2) is 13.8 Å². The number of halogens is 2. The zero-order valence-electron chi connectivity index (χ0n) is 11.8. The largest absolute Gasteiger partial charge is 0.475 e. The predicted octanol–water partition coefficient (Wildman–Crippen LogP) is 1.98. The van der Waals surface area contributed by atoms with Crippen molar-refractivity contribution in [3.63, 3.8) is 0 Å². The van der Waals surface area contributed by atoms with Crippen LogP contribution in [0.5, 0.6) is 5.88 Å². The van der Waals surface area contributed by atoms with Crippen LogP contribution >= 0.6 is 0 Å². The number of carbonyl (C=O) groups is 1. The fraction of sp³-hybridized carbons (Fsp3) is 0.571. The average molecular weight is 300 g/mol. The van der Waals surface area contributed by atoms with Gasteiger partial charge in [0.1, 0.15) is 6.61 Å². The fourth-order valence-corrected chi connectivity index (χ4v) is 2.07. The van der Waals surface area contributed by atoms with Crippen LogP contribution in [0.2, 0.25) is 0 Å². The van der Waals surface area contributed by atoms with Gasteiger partial charge >= 0.3 is 0 Å². The van der Waals surface area contributed by atoms with E-state index in [2.05, 4.69) is 4.98 Å². The minimum atomic E-state index is -2.66. The maximum absolute atomic E-state index is 13.1. The summed E-state index contributed by atoms with van der Waals surface area (Å²) in [6, 6.07) is 3.07. The summed E-state index contributed by atoms with van der Waals surface area (Å²) in [6.07, 6.45) is 0.885. The van der Waals surface area contributed by atoms with Crippen LogP contribution < -0.4 is 4.74 Å². The van der Waals surface area contributed by atoms with E-state index in [0.29, 0.717) is 24.7 Å². The van der Waals surface area contributed by atoms with E-state index < -0.39 is 5.92 Å². The van der Waals surface area contributed by atoms with Crippen molar-refractivity contribution in [1.82, 2.24) is 9.88 Å². The van der Waals surface area contributed by atoms with E-state index in [1.807, 2.05) is 0 Å². The van der Waals surface area contributed by atoms with Gasteiger partial charge < -0.3 is 14.4 Å². The van der Waals surface area contributed by atoms with Crippen LogP contribution in [-0.2, 0) is 4.74 Å². The van der Waals surface area contributed by atoms with E-state index in [4.69, 9.17) is 9.47 Å². The lowest BCUT2D eigenvalue weighted by molar-refractivity contribution is -0.0494. The first-order valence-electron chi connectivity index (χ1n) is 6.77. The molecule has 2 heterocycles. The van der Waals surface area contributed by atoms with Gasteiger partial charge in [-0.3, -0.25) is 4.79 Å². The van der Waals surface area contributed by atoms with Crippen LogP contribution in [0.3, 0.4) is 0 Å². The van der Waals surface area contributed by atoms with Crippen molar-refractivity contribution < 1.29 is 23.0 Å². The summed E-state index contributed by atoms with van der Waals surface area (Å²) in [5.74, 6) is -2.62. The Morgan fingerprint density at radius 2 is 2.10 bits per heavy atom. The van der Waals surface area contributed by atoms with Gasteiger partial charge in [0.2, 0.25) is 5.88 Å². The van der Waals surface area contributed by atoms with E-state index in [1.54, 1.807) is 13.2 Å². The molecule has 1 saturated heterocycles. The van der Waals surface area contributed by atoms with Crippen LogP contribution in [0, 0.1) is 0 Å². The topological polar surface area (TPSA) is 51.7 Å². The lowest BCUT2D eigenvalue weighted by Crippen LogP contribution is -2.42. The van der Waals surface area contributed by atoms with E-state index in [-0.39, 0.29) is 31.8 Å². The molecule has 0 spiro atoms. The summed E-state index contributed by atoms with van der Waals surface area (Å²) in [5, 5.41) is 0. The van der Waals surface area contributed by atoms with Gasteiger partial charge in [-0.1, -0.05) is 0 Å². The number of aromatic nitrogens is 1. The van der Waals surface area contributed by atoms with Crippen LogP contribution in [0.15, 0.2) is 18.3 Å². The third kappa shape index (κ3) is 4.35. The maximum atomic E-state index is 13.1. The van der Waals surface area contributed by atoms with Crippen LogP contribution in [0.25, 0.3) is 0 Å². The molecule has 0 radical (unpaired) electrons. The number of ether oxygens (including phenoxy) is 2. The summed E-state index contributed by atoms with van der Waals surface area (Å²) in [4.78, 5) is 17.7. The first-order valence-corrected chi connectivity index (χ1v) is 6.77. The van der Waals surface area contributed by atoms with E-state index in [0.717, 1.165) is 0 Å². The van der Waals surface area contributed by atoms with Gasteiger partial charge in [0, 0.05) is 50.9 Å².